The quantitative estimate of drug-likeness (QED) is 0.0777. The maximum Gasteiger partial charge on any atom is 0.329 e. The first-order chi connectivity index (χ1) is 40.3. The van der Waals surface area contributed by atoms with Crippen molar-refractivity contribution in [3.05, 3.63) is 137 Å². The number of pyridine rings is 2. The lowest BCUT2D eigenvalue weighted by Crippen LogP contribution is -2.55. The smallest absolute Gasteiger partial charge is 0.329 e. The maximum absolute atomic E-state index is 15.1. The summed E-state index contributed by atoms with van der Waals surface area (Å²) in [5, 5.41) is 0. The number of hydrogen-bond acceptors (Lipinski definition) is 14. The number of carbonyl (C=O) groups is 8. The van der Waals surface area contributed by atoms with E-state index in [1.54, 1.807) is 73.1 Å². The molecule has 8 atom stereocenters. The summed E-state index contributed by atoms with van der Waals surface area (Å²) < 4.78 is 28.5. The Kier molecular flexibility index (Phi) is 25.7. The largest absolute Gasteiger partial charge is 0.451 e. The molecular weight excluding hydrogens is 1240 g/mol. The van der Waals surface area contributed by atoms with Crippen LogP contribution in [0.1, 0.15) is 117 Å². The van der Waals surface area contributed by atoms with Gasteiger partial charge in [0.15, 0.2) is 24.4 Å². The van der Waals surface area contributed by atoms with E-state index in [9.17, 15) is 38.4 Å². The molecule has 0 N–H and O–H groups in total. The van der Waals surface area contributed by atoms with Gasteiger partial charge in [-0.25, -0.2) is 19.2 Å². The number of benzene rings is 2. The molecule has 4 aromatic rings. The lowest BCUT2D eigenvalue weighted by molar-refractivity contribution is -0.176. The van der Waals surface area contributed by atoms with Crippen LogP contribution in [0.3, 0.4) is 0 Å². The van der Waals surface area contributed by atoms with Gasteiger partial charge < -0.3 is 47.7 Å². The Labute approximate surface area is 521 Å². The standard InChI is InChI=1S/C64H84Br2N6O14/c1-37(2)27-49-61(79)83-41(9)57(75)67(11)52(30-40(7)8)64(82)86-54(32-44-17-21-46(22-18-44)36-72-26-24-48(66)34-56(72)74)60(78)70(14)50(28-38(3)4)62(80)84-42(10)58(76)68(12)51(29-39(5)6)63(81)85-53(59(77)69(49)13)31-43-15-19-45(20-16-43)35-71-25-23-47(65)33-55(71)73/h15-26,33-34,37-42,49-54H,27-32,35-36H2,1-14H3/t41-,42-,49+,50+,51+,52+,53-,54-/m1/s1. The topological polar surface area (TPSA) is 230 Å². The SMILES string of the molecule is CC(C)C[C@H]1C(=O)O[C@H](Cc2ccc(Cn3ccc(Br)cc3=O)cc2)C(=O)N(C)[C@@H](CC(C)C)C(=O)O[C@H](C)C(=O)N(C)[C@@H](CC(C)C)C(=O)O[C@H](Cc2ccc(Cn3ccc(Br)cc3=O)cc2)C(=O)N(C)[C@@H](CC(C)C)C(=O)O[C@H](C)C(=O)N1C. The summed E-state index contributed by atoms with van der Waals surface area (Å²) in [5.41, 5.74) is 2.15. The van der Waals surface area contributed by atoms with Crippen LogP contribution in [0.5, 0.6) is 0 Å². The molecule has 0 aliphatic carbocycles. The van der Waals surface area contributed by atoms with Crippen molar-refractivity contribution in [1.82, 2.24) is 28.7 Å². The molecule has 4 amide bonds. The molecule has 0 unspecified atom stereocenters. The molecule has 1 aliphatic heterocycles. The highest BCUT2D eigenvalue weighted by molar-refractivity contribution is 9.10. The zero-order valence-corrected chi connectivity index (χ0v) is 55.0. The third-order valence-corrected chi connectivity index (χ3v) is 16.0. The van der Waals surface area contributed by atoms with Crippen LogP contribution in [-0.4, -0.2) is 153 Å². The van der Waals surface area contributed by atoms with Gasteiger partial charge in [-0.1, -0.05) is 136 Å². The average molecular weight is 1320 g/mol. The third-order valence-electron chi connectivity index (χ3n) is 15.0. The van der Waals surface area contributed by atoms with E-state index < -0.39 is 96.1 Å². The molecule has 468 valence electrons. The zero-order valence-electron chi connectivity index (χ0n) is 51.8. The van der Waals surface area contributed by atoms with Crippen LogP contribution < -0.4 is 11.1 Å². The number of hydrogen-bond donors (Lipinski definition) is 0. The van der Waals surface area contributed by atoms with Gasteiger partial charge in [0.1, 0.15) is 24.2 Å². The average Bonchev–Trinajstić information content (AvgIpc) is 2.19. The summed E-state index contributed by atoms with van der Waals surface area (Å²) in [4.78, 5) is 148. The number of likely N-dealkylation sites (N-methyl/N-ethyl adjacent to an activating group) is 4. The van der Waals surface area contributed by atoms with Gasteiger partial charge in [0.05, 0.1) is 13.1 Å². The van der Waals surface area contributed by atoms with E-state index in [2.05, 4.69) is 31.9 Å². The first kappa shape index (κ1) is 69.8. The van der Waals surface area contributed by atoms with E-state index in [4.69, 9.17) is 18.9 Å². The van der Waals surface area contributed by atoms with E-state index in [-0.39, 0.29) is 86.4 Å². The summed E-state index contributed by atoms with van der Waals surface area (Å²) in [5.74, 6) is -7.88. The molecule has 86 heavy (non-hydrogen) atoms. The fourth-order valence-corrected chi connectivity index (χ4v) is 10.7. The summed E-state index contributed by atoms with van der Waals surface area (Å²) >= 11 is 6.63. The molecule has 0 radical (unpaired) electrons. The summed E-state index contributed by atoms with van der Waals surface area (Å²) in [6.45, 7) is 17.8. The number of rotatable bonds is 16. The monoisotopic (exact) mass is 1320 g/mol. The minimum Gasteiger partial charge on any atom is -0.451 e. The summed E-state index contributed by atoms with van der Waals surface area (Å²) in [6, 6.07) is 15.1. The Balaban J connectivity index is 1.59. The molecule has 2 aromatic carbocycles. The van der Waals surface area contributed by atoms with Crippen molar-refractivity contribution in [2.75, 3.05) is 28.2 Å². The van der Waals surface area contributed by atoms with Gasteiger partial charge in [0.2, 0.25) is 0 Å². The van der Waals surface area contributed by atoms with Gasteiger partial charge in [-0.15, -0.1) is 0 Å². The molecule has 20 nitrogen and oxygen atoms in total. The second-order valence-corrected chi connectivity index (χ2v) is 25.9. The first-order valence-corrected chi connectivity index (χ1v) is 30.7. The predicted molar refractivity (Wildman–Crippen MR) is 330 cm³/mol. The number of nitrogens with zero attached hydrogens (tertiary/aromatic N) is 6. The van der Waals surface area contributed by atoms with Crippen molar-refractivity contribution < 1.29 is 57.3 Å². The van der Waals surface area contributed by atoms with E-state index >= 15 is 9.59 Å². The molecule has 0 saturated carbocycles. The normalized spacial score (nSPS) is 22.4. The van der Waals surface area contributed by atoms with Crippen LogP contribution in [0.4, 0.5) is 0 Å². The molecule has 1 aliphatic rings. The van der Waals surface area contributed by atoms with Gasteiger partial charge >= 0.3 is 23.9 Å². The van der Waals surface area contributed by atoms with Gasteiger partial charge in [-0.3, -0.25) is 28.8 Å². The summed E-state index contributed by atoms with van der Waals surface area (Å²) in [6.07, 6.45) is -3.14. The second-order valence-electron chi connectivity index (χ2n) is 24.1. The lowest BCUT2D eigenvalue weighted by Gasteiger charge is -2.35. The van der Waals surface area contributed by atoms with Crippen molar-refractivity contribution >= 4 is 79.4 Å². The number of cyclic esters (lactones) is 4. The van der Waals surface area contributed by atoms with Gasteiger partial charge in [0, 0.05) is 74.5 Å². The highest BCUT2D eigenvalue weighted by Gasteiger charge is 2.43. The van der Waals surface area contributed by atoms with E-state index in [1.165, 1.54) is 63.3 Å². The fourth-order valence-electron chi connectivity index (χ4n) is 10.1. The van der Waals surface area contributed by atoms with Crippen LogP contribution in [0.2, 0.25) is 0 Å². The highest BCUT2D eigenvalue weighted by Crippen LogP contribution is 2.25. The number of ether oxygens (including phenoxy) is 4. The Morgan fingerprint density at radius 2 is 0.640 bits per heavy atom. The number of esters is 4. The number of amides is 4. The van der Waals surface area contributed by atoms with Gasteiger partial charge in [-0.2, -0.15) is 0 Å². The molecule has 5 rings (SSSR count). The maximum atomic E-state index is 15.1. The Hall–Kier alpha value is -6.94. The minimum absolute atomic E-state index is 0.0462. The Morgan fingerprint density at radius 1 is 0.384 bits per heavy atom. The van der Waals surface area contributed by atoms with Crippen LogP contribution in [0.15, 0.2) is 104 Å². The van der Waals surface area contributed by atoms with E-state index in [0.717, 1.165) is 30.7 Å². The van der Waals surface area contributed by atoms with Crippen LogP contribution in [-0.2, 0) is 83.2 Å². The number of halogens is 2. The van der Waals surface area contributed by atoms with Crippen molar-refractivity contribution in [1.29, 1.82) is 0 Å². The van der Waals surface area contributed by atoms with Crippen LogP contribution in [0.25, 0.3) is 0 Å². The molecule has 1 fully saturated rings. The summed E-state index contributed by atoms with van der Waals surface area (Å²) in [7, 11) is 5.46. The molecule has 22 heteroatoms. The molecule has 1 saturated heterocycles. The van der Waals surface area contributed by atoms with Gasteiger partial charge in [0.25, 0.3) is 34.7 Å². The number of aromatic nitrogens is 2. The van der Waals surface area contributed by atoms with Crippen molar-refractivity contribution in [2.45, 2.75) is 169 Å². The molecule has 2 aromatic heterocycles. The van der Waals surface area contributed by atoms with Crippen LogP contribution in [0, 0.1) is 23.7 Å². The minimum atomic E-state index is -1.59. The highest BCUT2D eigenvalue weighted by atomic mass is 79.9. The Bertz CT molecular complexity index is 2940. The van der Waals surface area contributed by atoms with Gasteiger partial charge in [-0.05, 0) is 97.6 Å². The van der Waals surface area contributed by atoms with Crippen LogP contribution >= 0.6 is 31.9 Å². The Morgan fingerprint density at radius 3 is 0.907 bits per heavy atom. The van der Waals surface area contributed by atoms with E-state index in [1.807, 2.05) is 55.4 Å². The fraction of sp³-hybridized carbons (Fsp3) is 0.531. The first-order valence-electron chi connectivity index (χ1n) is 29.1. The van der Waals surface area contributed by atoms with E-state index in [0.29, 0.717) is 20.1 Å². The third kappa shape index (κ3) is 19.5. The predicted octanol–water partition coefficient (Wildman–Crippen LogP) is 7.61. The number of carbonyl (C=O) groups excluding carboxylic acids is 8. The van der Waals surface area contributed by atoms with Crippen molar-refractivity contribution in [3.63, 3.8) is 0 Å². The lowest BCUT2D eigenvalue weighted by atomic mass is 9.99. The molecule has 3 heterocycles. The van der Waals surface area contributed by atoms with Crippen molar-refractivity contribution in [2.24, 2.45) is 23.7 Å². The molecule has 0 bridgehead atoms. The molecule has 0 spiro atoms. The zero-order chi connectivity index (χ0) is 64.0. The van der Waals surface area contributed by atoms with Crippen molar-refractivity contribution in [3.8, 4) is 0 Å². The second kappa shape index (κ2) is 31.6. The molecular formula is C64H84Br2N6O14.